The van der Waals surface area contributed by atoms with Crippen LogP contribution in [0.4, 0.5) is 0 Å². The third kappa shape index (κ3) is 4.11. The fourth-order valence-corrected chi connectivity index (χ4v) is 2.94. The number of nitrogens with one attached hydrogen (secondary N) is 1. The Morgan fingerprint density at radius 1 is 1.29 bits per heavy atom. The minimum Gasteiger partial charge on any atom is -0.496 e. The molecule has 0 saturated carbocycles. The van der Waals surface area contributed by atoms with Gasteiger partial charge in [0.05, 0.1) is 25.9 Å². The normalized spacial score (nSPS) is 19.5. The zero-order chi connectivity index (χ0) is 15.1. The lowest BCUT2D eigenvalue weighted by Crippen LogP contribution is -2.27. The zero-order valence-corrected chi connectivity index (χ0v) is 13.4. The Kier molecular flexibility index (Phi) is 6.33. The zero-order valence-electron chi connectivity index (χ0n) is 13.4. The first-order valence-corrected chi connectivity index (χ1v) is 7.86. The summed E-state index contributed by atoms with van der Waals surface area (Å²) in [5.41, 5.74) is 1.10. The van der Waals surface area contributed by atoms with Gasteiger partial charge in [0.1, 0.15) is 11.5 Å². The average molecular weight is 293 g/mol. The highest BCUT2D eigenvalue weighted by molar-refractivity contribution is 5.47. The van der Waals surface area contributed by atoms with Gasteiger partial charge in [0.15, 0.2) is 0 Å². The molecule has 2 unspecified atom stereocenters. The molecule has 0 bridgehead atoms. The van der Waals surface area contributed by atoms with Gasteiger partial charge in [0.25, 0.3) is 0 Å². The third-order valence-corrected chi connectivity index (χ3v) is 3.98. The quantitative estimate of drug-likeness (QED) is 0.798. The Bertz CT molecular complexity index is 408. The summed E-state index contributed by atoms with van der Waals surface area (Å²) in [6.07, 6.45) is 4.68. The van der Waals surface area contributed by atoms with Crippen molar-refractivity contribution < 1.29 is 14.2 Å². The van der Waals surface area contributed by atoms with Crippen molar-refractivity contribution in [2.24, 2.45) is 0 Å². The molecule has 0 aromatic heterocycles. The van der Waals surface area contributed by atoms with Crippen LogP contribution in [-0.4, -0.2) is 33.5 Å². The van der Waals surface area contributed by atoms with Crippen LogP contribution in [0.1, 0.15) is 44.2 Å². The standard InChI is InChI=1S/C17H27NO3/c1-4-10-18-14(12-13-7-6-11-21-13)17-15(19-2)8-5-9-16(17)20-3/h5,8-9,13-14,18H,4,6-7,10-12H2,1-3H3. The summed E-state index contributed by atoms with van der Waals surface area (Å²) in [5.74, 6) is 1.75. The Morgan fingerprint density at radius 2 is 2.00 bits per heavy atom. The van der Waals surface area contributed by atoms with E-state index in [-0.39, 0.29) is 6.04 Å². The Labute approximate surface area is 127 Å². The Balaban J connectivity index is 2.25. The number of hydrogen-bond donors (Lipinski definition) is 1. The molecule has 21 heavy (non-hydrogen) atoms. The molecule has 1 N–H and O–H groups in total. The number of methoxy groups -OCH3 is 2. The summed E-state index contributed by atoms with van der Waals surface area (Å²) in [7, 11) is 3.42. The van der Waals surface area contributed by atoms with Crippen molar-refractivity contribution >= 4 is 0 Å². The molecular weight excluding hydrogens is 266 g/mol. The Morgan fingerprint density at radius 3 is 2.52 bits per heavy atom. The third-order valence-electron chi connectivity index (χ3n) is 3.98. The van der Waals surface area contributed by atoms with E-state index in [9.17, 15) is 0 Å². The van der Waals surface area contributed by atoms with E-state index < -0.39 is 0 Å². The lowest BCUT2D eigenvalue weighted by Gasteiger charge is -2.25. The molecule has 4 nitrogen and oxygen atoms in total. The van der Waals surface area contributed by atoms with Crippen molar-refractivity contribution in [3.05, 3.63) is 23.8 Å². The predicted octanol–water partition coefficient (Wildman–Crippen LogP) is 3.31. The molecule has 1 fully saturated rings. The summed E-state index contributed by atoms with van der Waals surface area (Å²) in [4.78, 5) is 0. The van der Waals surface area contributed by atoms with Gasteiger partial charge in [-0.2, -0.15) is 0 Å². The molecule has 2 atom stereocenters. The molecule has 4 heteroatoms. The molecule has 0 aliphatic carbocycles. The molecule has 1 aliphatic rings. The van der Waals surface area contributed by atoms with Gasteiger partial charge in [0.2, 0.25) is 0 Å². The van der Waals surface area contributed by atoms with Crippen LogP contribution in [0.5, 0.6) is 11.5 Å². The molecule has 1 heterocycles. The van der Waals surface area contributed by atoms with Crippen LogP contribution in [0, 0.1) is 0 Å². The summed E-state index contributed by atoms with van der Waals surface area (Å²) >= 11 is 0. The van der Waals surface area contributed by atoms with E-state index in [1.165, 1.54) is 0 Å². The van der Waals surface area contributed by atoms with Gasteiger partial charge in [-0.05, 0) is 44.4 Å². The maximum atomic E-state index is 5.81. The largest absolute Gasteiger partial charge is 0.496 e. The van der Waals surface area contributed by atoms with Crippen LogP contribution >= 0.6 is 0 Å². The fourth-order valence-electron chi connectivity index (χ4n) is 2.94. The van der Waals surface area contributed by atoms with E-state index in [0.717, 1.165) is 55.9 Å². The topological polar surface area (TPSA) is 39.7 Å². The van der Waals surface area contributed by atoms with E-state index in [0.29, 0.717) is 6.10 Å². The highest BCUT2D eigenvalue weighted by Crippen LogP contribution is 2.37. The number of hydrogen-bond acceptors (Lipinski definition) is 4. The average Bonchev–Trinajstić information content (AvgIpc) is 3.03. The van der Waals surface area contributed by atoms with Crippen molar-refractivity contribution in [3.63, 3.8) is 0 Å². The molecular formula is C17H27NO3. The first-order chi connectivity index (χ1) is 10.3. The fraction of sp³-hybridized carbons (Fsp3) is 0.647. The van der Waals surface area contributed by atoms with Gasteiger partial charge < -0.3 is 19.5 Å². The van der Waals surface area contributed by atoms with Gasteiger partial charge >= 0.3 is 0 Å². The predicted molar refractivity (Wildman–Crippen MR) is 84.2 cm³/mol. The molecule has 1 aliphatic heterocycles. The second-order valence-electron chi connectivity index (χ2n) is 5.45. The lowest BCUT2D eigenvalue weighted by atomic mass is 9.97. The number of benzene rings is 1. The van der Waals surface area contributed by atoms with E-state index in [4.69, 9.17) is 14.2 Å². The molecule has 0 spiro atoms. The molecule has 1 aromatic rings. The monoisotopic (exact) mass is 293 g/mol. The van der Waals surface area contributed by atoms with Gasteiger partial charge in [-0.25, -0.2) is 0 Å². The lowest BCUT2D eigenvalue weighted by molar-refractivity contribution is 0.0940. The molecule has 1 aromatic carbocycles. The van der Waals surface area contributed by atoms with Crippen LogP contribution in [0.15, 0.2) is 18.2 Å². The van der Waals surface area contributed by atoms with Gasteiger partial charge in [-0.1, -0.05) is 13.0 Å². The van der Waals surface area contributed by atoms with Crippen molar-refractivity contribution in [2.45, 2.75) is 44.8 Å². The van der Waals surface area contributed by atoms with Crippen LogP contribution in [0.25, 0.3) is 0 Å². The minimum absolute atomic E-state index is 0.194. The summed E-state index contributed by atoms with van der Waals surface area (Å²) in [5, 5.41) is 3.62. The molecule has 0 amide bonds. The number of ether oxygens (including phenoxy) is 3. The minimum atomic E-state index is 0.194. The number of rotatable bonds is 8. The van der Waals surface area contributed by atoms with Crippen molar-refractivity contribution in [1.29, 1.82) is 0 Å². The summed E-state index contributed by atoms with van der Waals surface area (Å²) in [6, 6.07) is 6.14. The van der Waals surface area contributed by atoms with Crippen LogP contribution in [0.2, 0.25) is 0 Å². The molecule has 118 valence electrons. The first-order valence-electron chi connectivity index (χ1n) is 7.86. The van der Waals surface area contributed by atoms with Gasteiger partial charge in [-0.3, -0.25) is 0 Å². The highest BCUT2D eigenvalue weighted by atomic mass is 16.5. The molecule has 1 saturated heterocycles. The highest BCUT2D eigenvalue weighted by Gasteiger charge is 2.26. The Hall–Kier alpha value is -1.26. The molecule has 0 radical (unpaired) electrons. The van der Waals surface area contributed by atoms with Crippen molar-refractivity contribution in [3.8, 4) is 11.5 Å². The SMILES string of the molecule is CCCNC(CC1CCCO1)c1c(OC)cccc1OC. The van der Waals surface area contributed by atoms with Crippen molar-refractivity contribution in [2.75, 3.05) is 27.4 Å². The first kappa shape index (κ1) is 16.1. The maximum Gasteiger partial charge on any atom is 0.127 e. The summed E-state index contributed by atoms with van der Waals surface area (Å²) in [6.45, 7) is 4.03. The second-order valence-corrected chi connectivity index (χ2v) is 5.45. The van der Waals surface area contributed by atoms with Crippen molar-refractivity contribution in [1.82, 2.24) is 5.32 Å². The van der Waals surface area contributed by atoms with E-state index in [1.54, 1.807) is 14.2 Å². The smallest absolute Gasteiger partial charge is 0.127 e. The second kappa shape index (κ2) is 8.25. The van der Waals surface area contributed by atoms with Crippen LogP contribution in [-0.2, 0) is 4.74 Å². The van der Waals surface area contributed by atoms with E-state index in [2.05, 4.69) is 12.2 Å². The van der Waals surface area contributed by atoms with E-state index in [1.807, 2.05) is 18.2 Å². The van der Waals surface area contributed by atoms with E-state index >= 15 is 0 Å². The molecule has 2 rings (SSSR count). The van der Waals surface area contributed by atoms with Gasteiger partial charge in [-0.15, -0.1) is 0 Å². The van der Waals surface area contributed by atoms with Gasteiger partial charge in [0, 0.05) is 12.6 Å². The maximum absolute atomic E-state index is 5.81. The summed E-state index contributed by atoms with van der Waals surface area (Å²) < 4.78 is 16.9. The van der Waals surface area contributed by atoms with Crippen LogP contribution in [0.3, 0.4) is 0 Å². The van der Waals surface area contributed by atoms with Crippen LogP contribution < -0.4 is 14.8 Å².